The van der Waals surface area contributed by atoms with Crippen LogP contribution in [0.2, 0.25) is 0 Å². The highest BCUT2D eigenvalue weighted by Crippen LogP contribution is 1.99. The second-order valence-corrected chi connectivity index (χ2v) is 4.68. The molecule has 0 spiro atoms. The van der Waals surface area contributed by atoms with Crippen molar-refractivity contribution in [2.45, 2.75) is 45.1 Å². The van der Waals surface area contributed by atoms with Crippen molar-refractivity contribution >= 4 is 11.9 Å². The predicted molar refractivity (Wildman–Crippen MR) is 82.9 cm³/mol. The number of aliphatic hydroxyl groups is 2. The molecule has 0 saturated carbocycles. The number of hydrogen-bond acceptors (Lipinski definition) is 6. The summed E-state index contributed by atoms with van der Waals surface area (Å²) in [4.78, 5) is 21.0. The molecule has 0 aromatic carbocycles. The molecular weight excluding hydrogens is 292 g/mol. The molecule has 132 valence electrons. The Balaban J connectivity index is 0. The van der Waals surface area contributed by atoms with Crippen LogP contribution in [0.1, 0.15) is 39.0 Å². The lowest BCUT2D eigenvalue weighted by Gasteiger charge is -2.12. The van der Waals surface area contributed by atoms with Crippen molar-refractivity contribution in [2.75, 3.05) is 32.8 Å². The van der Waals surface area contributed by atoms with E-state index < -0.39 is 18.0 Å². The lowest BCUT2D eigenvalue weighted by atomic mass is 10.1. The summed E-state index contributed by atoms with van der Waals surface area (Å²) in [7, 11) is 0. The maximum Gasteiger partial charge on any atom is 0.320 e. The zero-order valence-electron chi connectivity index (χ0n) is 13.3. The number of aliphatic hydroxyl groups excluding tert-OH is 2. The van der Waals surface area contributed by atoms with Crippen molar-refractivity contribution in [2.24, 2.45) is 0 Å². The summed E-state index contributed by atoms with van der Waals surface area (Å²) in [6.45, 7) is 4.12. The molecule has 0 rings (SSSR count). The lowest BCUT2D eigenvalue weighted by molar-refractivity contribution is -0.140. The van der Waals surface area contributed by atoms with Gasteiger partial charge in [-0.25, -0.2) is 0 Å². The maximum atomic E-state index is 10.7. The molecule has 0 amide bonds. The normalized spacial score (nSPS) is 11.4. The highest BCUT2D eigenvalue weighted by Gasteiger charge is 2.17. The van der Waals surface area contributed by atoms with E-state index in [1.165, 1.54) is 0 Å². The van der Waals surface area contributed by atoms with E-state index in [1.54, 1.807) is 0 Å². The second-order valence-electron chi connectivity index (χ2n) is 4.68. The van der Waals surface area contributed by atoms with Gasteiger partial charge in [0, 0.05) is 19.5 Å². The van der Waals surface area contributed by atoms with Gasteiger partial charge in [0.25, 0.3) is 0 Å². The highest BCUT2D eigenvalue weighted by atomic mass is 16.4. The first kappa shape index (κ1) is 23.1. The second kappa shape index (κ2) is 17.8. The van der Waals surface area contributed by atoms with Crippen LogP contribution in [-0.2, 0) is 9.59 Å². The zero-order chi connectivity index (χ0) is 17.2. The Labute approximate surface area is 131 Å². The Morgan fingerprint density at radius 1 is 1.00 bits per heavy atom. The molecule has 8 nitrogen and oxygen atoms in total. The van der Waals surface area contributed by atoms with Crippen LogP contribution in [-0.4, -0.2) is 71.3 Å². The molecule has 8 heteroatoms. The molecule has 0 aliphatic rings. The van der Waals surface area contributed by atoms with Crippen LogP contribution in [0.15, 0.2) is 0 Å². The lowest BCUT2D eigenvalue weighted by Crippen LogP contribution is -2.37. The Morgan fingerprint density at radius 3 is 2.00 bits per heavy atom. The predicted octanol–water partition coefficient (Wildman–Crippen LogP) is -0.355. The van der Waals surface area contributed by atoms with Crippen molar-refractivity contribution in [3.8, 4) is 0 Å². The van der Waals surface area contributed by atoms with Crippen LogP contribution in [0, 0.1) is 0 Å². The first-order valence-corrected chi connectivity index (χ1v) is 7.59. The molecule has 0 bridgehead atoms. The van der Waals surface area contributed by atoms with Gasteiger partial charge in [0.2, 0.25) is 0 Å². The quantitative estimate of drug-likeness (QED) is 0.253. The minimum atomic E-state index is -0.979. The molecular formula is C14H30N2O6. The summed E-state index contributed by atoms with van der Waals surface area (Å²) >= 11 is 0. The van der Waals surface area contributed by atoms with Crippen LogP contribution in [0.5, 0.6) is 0 Å². The Hall–Kier alpha value is -1.22. The number of carboxylic acid groups (broad SMARTS) is 2. The fourth-order valence-electron chi connectivity index (χ4n) is 1.52. The van der Waals surface area contributed by atoms with Crippen LogP contribution in [0.4, 0.5) is 0 Å². The van der Waals surface area contributed by atoms with Gasteiger partial charge in [-0.1, -0.05) is 19.8 Å². The van der Waals surface area contributed by atoms with Crippen LogP contribution in [0.25, 0.3) is 0 Å². The average molecular weight is 322 g/mol. The van der Waals surface area contributed by atoms with Crippen molar-refractivity contribution in [1.82, 2.24) is 10.6 Å². The minimum absolute atomic E-state index is 0.113. The van der Waals surface area contributed by atoms with Crippen molar-refractivity contribution in [1.29, 1.82) is 0 Å². The Bertz CT molecular complexity index is 272. The number of carboxylic acids is 2. The van der Waals surface area contributed by atoms with Crippen molar-refractivity contribution in [3.05, 3.63) is 0 Å². The van der Waals surface area contributed by atoms with E-state index in [2.05, 4.69) is 17.6 Å². The summed E-state index contributed by atoms with van der Waals surface area (Å²) in [5.41, 5.74) is 0. The van der Waals surface area contributed by atoms with Gasteiger partial charge in [-0.05, 0) is 19.4 Å². The van der Waals surface area contributed by atoms with Crippen LogP contribution >= 0.6 is 0 Å². The standard InChI is InChI=1S/C10H19NO4.C4H11NO2/c1-2-3-4-7-11-8(10(14)15)5-6-9(12)13;6-3-1-5-2-4-7/h8,11H,2-7H2,1H3,(H,12,13)(H,14,15);5-7H,1-4H2. The van der Waals surface area contributed by atoms with Gasteiger partial charge >= 0.3 is 11.9 Å². The summed E-state index contributed by atoms with van der Waals surface area (Å²) < 4.78 is 0. The molecule has 0 aliphatic carbocycles. The smallest absolute Gasteiger partial charge is 0.320 e. The van der Waals surface area contributed by atoms with E-state index in [4.69, 9.17) is 20.4 Å². The molecule has 0 aliphatic heterocycles. The third-order valence-electron chi connectivity index (χ3n) is 2.69. The number of carbonyl (C=O) groups is 2. The van der Waals surface area contributed by atoms with Gasteiger partial charge in [0.15, 0.2) is 0 Å². The van der Waals surface area contributed by atoms with Gasteiger partial charge in [0.05, 0.1) is 13.2 Å². The minimum Gasteiger partial charge on any atom is -0.481 e. The largest absolute Gasteiger partial charge is 0.481 e. The number of unbranched alkanes of at least 4 members (excludes halogenated alkanes) is 2. The van der Waals surface area contributed by atoms with E-state index in [0.717, 1.165) is 19.3 Å². The zero-order valence-corrected chi connectivity index (χ0v) is 13.3. The van der Waals surface area contributed by atoms with Crippen molar-refractivity contribution in [3.63, 3.8) is 0 Å². The SMILES string of the molecule is CCCCCNC(CCC(=O)O)C(=O)O.OCCNCCO. The molecule has 6 N–H and O–H groups in total. The molecule has 1 atom stereocenters. The number of hydrogen-bond donors (Lipinski definition) is 6. The molecule has 0 aromatic heterocycles. The first-order chi connectivity index (χ1) is 10.5. The van der Waals surface area contributed by atoms with E-state index >= 15 is 0 Å². The van der Waals surface area contributed by atoms with Crippen LogP contribution < -0.4 is 10.6 Å². The topological polar surface area (TPSA) is 139 Å². The maximum absolute atomic E-state index is 10.7. The van der Waals surface area contributed by atoms with Gasteiger partial charge in [-0.15, -0.1) is 0 Å². The molecule has 0 heterocycles. The number of nitrogens with one attached hydrogen (secondary N) is 2. The molecule has 0 radical (unpaired) electrons. The van der Waals surface area contributed by atoms with Gasteiger partial charge in [-0.2, -0.15) is 0 Å². The van der Waals surface area contributed by atoms with Crippen molar-refractivity contribution < 1.29 is 30.0 Å². The molecule has 22 heavy (non-hydrogen) atoms. The monoisotopic (exact) mass is 322 g/mol. The van der Waals surface area contributed by atoms with E-state index in [-0.39, 0.29) is 26.1 Å². The fourth-order valence-corrected chi connectivity index (χ4v) is 1.52. The third kappa shape index (κ3) is 18.8. The molecule has 0 aromatic rings. The summed E-state index contributed by atoms with van der Waals surface area (Å²) in [5.74, 6) is -1.94. The molecule has 0 fully saturated rings. The third-order valence-corrected chi connectivity index (χ3v) is 2.69. The first-order valence-electron chi connectivity index (χ1n) is 7.59. The number of rotatable bonds is 13. The van der Waals surface area contributed by atoms with E-state index in [0.29, 0.717) is 19.6 Å². The summed E-state index contributed by atoms with van der Waals surface area (Å²) in [6, 6.07) is -0.738. The molecule has 1 unspecified atom stereocenters. The van der Waals surface area contributed by atoms with Crippen LogP contribution in [0.3, 0.4) is 0 Å². The van der Waals surface area contributed by atoms with Gasteiger partial charge in [0.1, 0.15) is 6.04 Å². The summed E-state index contributed by atoms with van der Waals surface area (Å²) in [5, 5.41) is 39.1. The van der Waals surface area contributed by atoms with E-state index in [9.17, 15) is 9.59 Å². The Kier molecular flexibility index (Phi) is 18.7. The highest BCUT2D eigenvalue weighted by molar-refractivity contribution is 5.75. The average Bonchev–Trinajstić information content (AvgIpc) is 2.47. The fraction of sp³-hybridized carbons (Fsp3) is 0.857. The van der Waals surface area contributed by atoms with Gasteiger partial charge in [-0.3, -0.25) is 9.59 Å². The summed E-state index contributed by atoms with van der Waals surface area (Å²) in [6.07, 6.45) is 3.08. The number of aliphatic carboxylic acids is 2. The van der Waals surface area contributed by atoms with Gasteiger partial charge < -0.3 is 31.1 Å². The van der Waals surface area contributed by atoms with E-state index in [1.807, 2.05) is 0 Å². The molecule has 0 saturated heterocycles. The Morgan fingerprint density at radius 2 is 1.59 bits per heavy atom.